The van der Waals surface area contributed by atoms with Crippen molar-refractivity contribution >= 4 is 6.29 Å². The number of carbonyl (C=O) groups is 1. The Morgan fingerprint density at radius 1 is 0.864 bits per heavy atom. The van der Waals surface area contributed by atoms with Crippen LogP contribution in [0.25, 0.3) is 0 Å². The summed E-state index contributed by atoms with van der Waals surface area (Å²) in [4.78, 5) is 10.7. The van der Waals surface area contributed by atoms with Crippen LogP contribution in [0.4, 0.5) is 0 Å². The summed E-state index contributed by atoms with van der Waals surface area (Å²) in [5.74, 6) is 0.439. The van der Waals surface area contributed by atoms with Gasteiger partial charge in [0, 0.05) is 11.8 Å². The van der Waals surface area contributed by atoms with Crippen LogP contribution in [0.3, 0.4) is 0 Å². The largest absolute Gasteiger partial charge is 0.508 e. The molecule has 2 aromatic carbocycles. The molecule has 0 fully saturated rings. The first-order chi connectivity index (χ1) is 10.6. The Morgan fingerprint density at radius 3 is 1.55 bits per heavy atom. The van der Waals surface area contributed by atoms with Crippen LogP contribution >= 0.6 is 0 Å². The highest BCUT2D eigenvalue weighted by atomic mass is 16.3. The first-order valence-electron chi connectivity index (χ1n) is 7.59. The van der Waals surface area contributed by atoms with Gasteiger partial charge in [-0.3, -0.25) is 0 Å². The first kappa shape index (κ1) is 17.8. The van der Waals surface area contributed by atoms with E-state index in [1.165, 1.54) is 0 Å². The average molecular weight is 300 g/mol. The van der Waals surface area contributed by atoms with Gasteiger partial charge in [-0.05, 0) is 41.8 Å². The number of hydrogen-bond acceptors (Lipinski definition) is 3. The third-order valence-electron chi connectivity index (χ3n) is 3.77. The van der Waals surface area contributed by atoms with E-state index in [0.29, 0.717) is 12.8 Å². The van der Waals surface area contributed by atoms with Crippen molar-refractivity contribution in [2.24, 2.45) is 0 Å². The van der Waals surface area contributed by atoms with E-state index in [4.69, 9.17) is 0 Å². The van der Waals surface area contributed by atoms with Gasteiger partial charge in [-0.25, -0.2) is 0 Å². The maximum absolute atomic E-state index is 10.7. The molecule has 2 rings (SSSR count). The molecule has 0 unspecified atom stereocenters. The molecule has 22 heavy (non-hydrogen) atoms. The molecule has 0 aromatic heterocycles. The molecule has 0 aliphatic heterocycles. The zero-order valence-electron chi connectivity index (χ0n) is 13.4. The van der Waals surface area contributed by atoms with Crippen molar-refractivity contribution in [2.45, 2.75) is 39.0 Å². The number of phenols is 2. The molecular formula is C19H24O3. The highest BCUT2D eigenvalue weighted by Crippen LogP contribution is 2.37. The summed E-state index contributed by atoms with van der Waals surface area (Å²) in [6, 6.07) is 14.1. The van der Waals surface area contributed by atoms with Crippen LogP contribution in [0.15, 0.2) is 48.5 Å². The predicted molar refractivity (Wildman–Crippen MR) is 89.3 cm³/mol. The molecule has 118 valence electrons. The van der Waals surface area contributed by atoms with Gasteiger partial charge in [0.15, 0.2) is 0 Å². The smallest absolute Gasteiger partial charge is 0.120 e. The van der Waals surface area contributed by atoms with Gasteiger partial charge in [0.2, 0.25) is 0 Å². The van der Waals surface area contributed by atoms with Crippen LogP contribution in [-0.4, -0.2) is 16.5 Å². The number of hydrogen-bond donors (Lipinski definition) is 2. The van der Waals surface area contributed by atoms with Crippen molar-refractivity contribution in [3.63, 3.8) is 0 Å². The summed E-state index contributed by atoms with van der Waals surface area (Å²) in [6.45, 7) is 6.06. The molecule has 3 heteroatoms. The minimum absolute atomic E-state index is 0.220. The second-order valence-electron chi connectivity index (χ2n) is 5.13. The molecule has 2 N–H and O–H groups in total. The molecule has 0 radical (unpaired) electrons. The van der Waals surface area contributed by atoms with Crippen LogP contribution in [0.5, 0.6) is 11.5 Å². The van der Waals surface area contributed by atoms with Crippen molar-refractivity contribution in [2.75, 3.05) is 0 Å². The fraction of sp³-hybridized carbons (Fsp3) is 0.316. The summed E-state index contributed by atoms with van der Waals surface area (Å²) in [5.41, 5.74) is 1.73. The highest BCUT2D eigenvalue weighted by Gasteiger charge is 2.28. The SMILES string of the molecule is CC.CC(CCC=O)(c1ccc(O)cc1)c1ccc(O)cc1. The van der Waals surface area contributed by atoms with Crippen LogP contribution in [0, 0.1) is 0 Å². The van der Waals surface area contributed by atoms with Crippen LogP contribution < -0.4 is 0 Å². The Labute approximate surface area is 132 Å². The monoisotopic (exact) mass is 300 g/mol. The average Bonchev–Trinajstić information content (AvgIpc) is 2.56. The van der Waals surface area contributed by atoms with Gasteiger partial charge in [-0.2, -0.15) is 0 Å². The second kappa shape index (κ2) is 8.23. The predicted octanol–water partition coefficient (Wildman–Crippen LogP) is 4.41. The molecule has 0 amide bonds. The van der Waals surface area contributed by atoms with E-state index in [0.717, 1.165) is 17.4 Å². The number of aldehydes is 1. The third kappa shape index (κ3) is 4.10. The van der Waals surface area contributed by atoms with Crippen molar-refractivity contribution in [1.82, 2.24) is 0 Å². The number of rotatable bonds is 5. The topological polar surface area (TPSA) is 57.5 Å². The van der Waals surface area contributed by atoms with E-state index in [2.05, 4.69) is 6.92 Å². The molecule has 0 spiro atoms. The van der Waals surface area contributed by atoms with E-state index in [1.54, 1.807) is 24.3 Å². The molecule has 0 aliphatic rings. The molecule has 0 aliphatic carbocycles. The minimum atomic E-state index is -0.331. The van der Waals surface area contributed by atoms with Gasteiger partial charge in [-0.15, -0.1) is 0 Å². The lowest BCUT2D eigenvalue weighted by Crippen LogP contribution is -2.23. The van der Waals surface area contributed by atoms with Crippen molar-refractivity contribution in [3.8, 4) is 11.5 Å². The summed E-state index contributed by atoms with van der Waals surface area (Å²) in [5, 5.41) is 18.8. The summed E-state index contributed by atoms with van der Waals surface area (Å²) in [7, 11) is 0. The molecule has 0 atom stereocenters. The molecule has 3 nitrogen and oxygen atoms in total. The zero-order valence-corrected chi connectivity index (χ0v) is 13.4. The Bertz CT molecular complexity index is 525. The van der Waals surface area contributed by atoms with Crippen molar-refractivity contribution in [3.05, 3.63) is 59.7 Å². The first-order valence-corrected chi connectivity index (χ1v) is 7.59. The Balaban J connectivity index is 0.00000116. The van der Waals surface area contributed by atoms with Gasteiger partial charge in [0.1, 0.15) is 17.8 Å². The van der Waals surface area contributed by atoms with Crippen LogP contribution in [0.1, 0.15) is 44.7 Å². The maximum Gasteiger partial charge on any atom is 0.120 e. The lowest BCUT2D eigenvalue weighted by molar-refractivity contribution is -0.108. The second-order valence-corrected chi connectivity index (χ2v) is 5.13. The van der Waals surface area contributed by atoms with Crippen LogP contribution in [-0.2, 0) is 10.2 Å². The fourth-order valence-electron chi connectivity index (χ4n) is 2.46. The number of phenolic OH excluding ortho intramolecular Hbond substituents is 2. The van der Waals surface area contributed by atoms with Crippen molar-refractivity contribution < 1.29 is 15.0 Å². The van der Waals surface area contributed by atoms with Crippen LogP contribution in [0.2, 0.25) is 0 Å². The van der Waals surface area contributed by atoms with E-state index >= 15 is 0 Å². The lowest BCUT2D eigenvalue weighted by Gasteiger charge is -2.30. The summed E-state index contributed by atoms with van der Waals surface area (Å²) in [6.07, 6.45) is 2.05. The molecular weight excluding hydrogens is 276 g/mol. The number of benzene rings is 2. The summed E-state index contributed by atoms with van der Waals surface area (Å²) >= 11 is 0. The quantitative estimate of drug-likeness (QED) is 0.804. The minimum Gasteiger partial charge on any atom is -0.508 e. The number of carbonyl (C=O) groups excluding carboxylic acids is 1. The van der Waals surface area contributed by atoms with Gasteiger partial charge in [0.05, 0.1) is 0 Å². The Morgan fingerprint density at radius 2 is 1.23 bits per heavy atom. The molecule has 0 saturated heterocycles. The number of aromatic hydroxyl groups is 2. The van der Waals surface area contributed by atoms with E-state index in [9.17, 15) is 15.0 Å². The van der Waals surface area contributed by atoms with Crippen molar-refractivity contribution in [1.29, 1.82) is 0 Å². The zero-order chi connectivity index (χ0) is 16.6. The normalized spacial score (nSPS) is 10.5. The van der Waals surface area contributed by atoms with E-state index in [1.807, 2.05) is 38.1 Å². The van der Waals surface area contributed by atoms with Gasteiger partial charge < -0.3 is 15.0 Å². The highest BCUT2D eigenvalue weighted by molar-refractivity contribution is 5.51. The molecule has 2 aromatic rings. The van der Waals surface area contributed by atoms with Gasteiger partial charge >= 0.3 is 0 Å². The standard InChI is InChI=1S/C17H18O3.C2H6/c1-17(11-2-12-18,13-3-7-15(19)8-4-13)14-5-9-16(20)10-6-14;1-2/h3-10,12,19-20H,2,11H2,1H3;1-2H3. The maximum atomic E-state index is 10.7. The van der Waals surface area contributed by atoms with E-state index < -0.39 is 0 Å². The molecule has 0 bridgehead atoms. The molecule has 0 heterocycles. The molecule has 0 saturated carbocycles. The van der Waals surface area contributed by atoms with Gasteiger partial charge in [-0.1, -0.05) is 45.0 Å². The van der Waals surface area contributed by atoms with Gasteiger partial charge in [0.25, 0.3) is 0 Å². The lowest BCUT2D eigenvalue weighted by atomic mass is 9.73. The summed E-state index contributed by atoms with van der Waals surface area (Å²) < 4.78 is 0. The van der Waals surface area contributed by atoms with E-state index in [-0.39, 0.29) is 16.9 Å². The fourth-order valence-corrected chi connectivity index (χ4v) is 2.46. The Kier molecular flexibility index (Phi) is 6.64. The third-order valence-corrected chi connectivity index (χ3v) is 3.77. The Hall–Kier alpha value is -2.29.